The molecule has 1 unspecified atom stereocenters. The number of nitrogens with two attached hydrogens (primary N) is 1. The minimum atomic E-state index is 0. The number of hydrogen-bond acceptors (Lipinski definition) is 3. The monoisotopic (exact) mass is 335 g/mol. The van der Waals surface area contributed by atoms with E-state index in [1.54, 1.807) is 7.11 Å². The zero-order valence-corrected chi connectivity index (χ0v) is 14.8. The fourth-order valence-corrected chi connectivity index (χ4v) is 2.33. The van der Waals surface area contributed by atoms with E-state index in [4.69, 9.17) is 15.2 Å². The summed E-state index contributed by atoms with van der Waals surface area (Å²) in [6, 6.07) is 16.0. The summed E-state index contributed by atoms with van der Waals surface area (Å²) in [5, 5.41) is 0. The third-order valence-corrected chi connectivity index (χ3v) is 4.07. The molecule has 0 radical (unpaired) electrons. The third-order valence-electron chi connectivity index (χ3n) is 4.07. The maximum absolute atomic E-state index is 6.32. The van der Waals surface area contributed by atoms with Crippen LogP contribution in [0.15, 0.2) is 48.5 Å². The predicted octanol–water partition coefficient (Wildman–Crippen LogP) is 4.74. The van der Waals surface area contributed by atoms with Crippen LogP contribution < -0.4 is 15.2 Å². The molecule has 0 bridgehead atoms. The first-order valence-corrected chi connectivity index (χ1v) is 7.76. The van der Waals surface area contributed by atoms with E-state index in [1.807, 2.05) is 48.5 Å². The van der Waals surface area contributed by atoms with E-state index in [1.165, 1.54) is 0 Å². The maximum atomic E-state index is 6.32. The van der Waals surface area contributed by atoms with E-state index in [0.717, 1.165) is 29.0 Å². The van der Waals surface area contributed by atoms with E-state index < -0.39 is 0 Å². The molecule has 0 aliphatic rings. The summed E-state index contributed by atoms with van der Waals surface area (Å²) in [6.45, 7) is 4.83. The molecule has 2 rings (SSSR count). The molecule has 0 saturated heterocycles. The van der Waals surface area contributed by atoms with Crippen LogP contribution in [0.1, 0.15) is 37.4 Å². The van der Waals surface area contributed by atoms with Crippen LogP contribution in [0.4, 0.5) is 0 Å². The molecule has 23 heavy (non-hydrogen) atoms. The molecular weight excluding hydrogens is 310 g/mol. The number of rotatable bonds is 7. The quantitative estimate of drug-likeness (QED) is 0.794. The van der Waals surface area contributed by atoms with Crippen LogP contribution in [0, 0.1) is 5.92 Å². The number of halogens is 1. The van der Waals surface area contributed by atoms with Crippen molar-refractivity contribution in [3.63, 3.8) is 0 Å². The Morgan fingerprint density at radius 2 is 1.74 bits per heavy atom. The van der Waals surface area contributed by atoms with Crippen LogP contribution in [0.5, 0.6) is 11.5 Å². The van der Waals surface area contributed by atoms with Gasteiger partial charge in [0.05, 0.1) is 7.11 Å². The Hall–Kier alpha value is -1.71. The van der Waals surface area contributed by atoms with Crippen LogP contribution in [0.25, 0.3) is 0 Å². The summed E-state index contributed by atoms with van der Waals surface area (Å²) in [5.74, 6) is 1.90. The van der Waals surface area contributed by atoms with Gasteiger partial charge in [-0.05, 0) is 29.2 Å². The van der Waals surface area contributed by atoms with Crippen molar-refractivity contribution in [2.75, 3.05) is 7.11 Å². The lowest BCUT2D eigenvalue weighted by Crippen LogP contribution is -2.18. The van der Waals surface area contributed by atoms with Gasteiger partial charge in [-0.15, -0.1) is 12.4 Å². The van der Waals surface area contributed by atoms with Crippen molar-refractivity contribution in [2.24, 2.45) is 11.7 Å². The molecule has 2 N–H and O–H groups in total. The molecule has 0 aliphatic carbocycles. The van der Waals surface area contributed by atoms with Gasteiger partial charge in [-0.3, -0.25) is 0 Å². The number of ether oxygens (including phenoxy) is 2. The molecule has 2 atom stereocenters. The van der Waals surface area contributed by atoms with Gasteiger partial charge in [-0.1, -0.05) is 56.7 Å². The second-order valence-electron chi connectivity index (χ2n) is 5.60. The molecule has 0 aliphatic heterocycles. The average Bonchev–Trinajstić information content (AvgIpc) is 2.59. The average molecular weight is 336 g/mol. The first-order chi connectivity index (χ1) is 10.7. The van der Waals surface area contributed by atoms with Crippen LogP contribution in [-0.4, -0.2) is 7.11 Å². The highest BCUT2D eigenvalue weighted by molar-refractivity contribution is 5.85. The van der Waals surface area contributed by atoms with Gasteiger partial charge in [0.1, 0.15) is 6.61 Å². The third kappa shape index (κ3) is 5.15. The second-order valence-corrected chi connectivity index (χ2v) is 5.60. The SMILES string of the molecule is CCC(C)[C@@H](N)c1ccc(OC)c(OCc2ccccc2)c1.Cl. The normalized spacial score (nSPS) is 12.9. The number of benzene rings is 2. The van der Waals surface area contributed by atoms with Gasteiger partial charge < -0.3 is 15.2 Å². The van der Waals surface area contributed by atoms with Crippen LogP contribution in [0.2, 0.25) is 0 Å². The lowest BCUT2D eigenvalue weighted by molar-refractivity contribution is 0.283. The van der Waals surface area contributed by atoms with Crippen molar-refractivity contribution in [3.8, 4) is 11.5 Å². The molecule has 0 fully saturated rings. The van der Waals surface area contributed by atoms with E-state index in [-0.39, 0.29) is 18.4 Å². The first kappa shape index (κ1) is 19.3. The van der Waals surface area contributed by atoms with Crippen LogP contribution in [0.3, 0.4) is 0 Å². The second kappa shape index (κ2) is 9.43. The number of hydrogen-bond donors (Lipinski definition) is 1. The molecule has 2 aromatic carbocycles. The van der Waals surface area contributed by atoms with Crippen molar-refractivity contribution in [1.82, 2.24) is 0 Å². The maximum Gasteiger partial charge on any atom is 0.161 e. The molecule has 0 spiro atoms. The van der Waals surface area contributed by atoms with E-state index in [9.17, 15) is 0 Å². The Morgan fingerprint density at radius 3 is 2.35 bits per heavy atom. The summed E-state index contributed by atoms with van der Waals surface area (Å²) in [6.07, 6.45) is 1.05. The standard InChI is InChI=1S/C19H25NO2.ClH/c1-4-14(2)19(20)16-10-11-17(21-3)18(12-16)22-13-15-8-6-5-7-9-15;/h5-12,14,19H,4,13,20H2,1-3H3;1H/t14?,19-;/m1./s1. The van der Waals surface area contributed by atoms with Gasteiger partial charge in [0, 0.05) is 6.04 Å². The number of methoxy groups -OCH3 is 1. The summed E-state index contributed by atoms with van der Waals surface area (Å²) in [4.78, 5) is 0. The lowest BCUT2D eigenvalue weighted by Gasteiger charge is -2.20. The van der Waals surface area contributed by atoms with Gasteiger partial charge in [-0.25, -0.2) is 0 Å². The zero-order valence-electron chi connectivity index (χ0n) is 14.0. The van der Waals surface area contributed by atoms with Gasteiger partial charge in [0.2, 0.25) is 0 Å². The summed E-state index contributed by atoms with van der Waals surface area (Å²) in [5.41, 5.74) is 8.53. The smallest absolute Gasteiger partial charge is 0.161 e. The van der Waals surface area contributed by atoms with Gasteiger partial charge in [0.25, 0.3) is 0 Å². The highest BCUT2D eigenvalue weighted by Gasteiger charge is 2.15. The van der Waals surface area contributed by atoms with Gasteiger partial charge in [-0.2, -0.15) is 0 Å². The zero-order chi connectivity index (χ0) is 15.9. The minimum Gasteiger partial charge on any atom is -0.493 e. The highest BCUT2D eigenvalue weighted by Crippen LogP contribution is 2.32. The highest BCUT2D eigenvalue weighted by atomic mass is 35.5. The Morgan fingerprint density at radius 1 is 1.04 bits per heavy atom. The van der Waals surface area contributed by atoms with Gasteiger partial charge >= 0.3 is 0 Å². The molecule has 0 saturated carbocycles. The molecule has 3 nitrogen and oxygen atoms in total. The minimum absolute atomic E-state index is 0. The fourth-order valence-electron chi connectivity index (χ4n) is 2.33. The van der Waals surface area contributed by atoms with E-state index in [2.05, 4.69) is 13.8 Å². The Balaban J connectivity index is 0.00000264. The molecule has 126 valence electrons. The summed E-state index contributed by atoms with van der Waals surface area (Å²) >= 11 is 0. The van der Waals surface area contributed by atoms with Crippen molar-refractivity contribution < 1.29 is 9.47 Å². The van der Waals surface area contributed by atoms with Crippen molar-refractivity contribution in [2.45, 2.75) is 32.9 Å². The summed E-state index contributed by atoms with van der Waals surface area (Å²) < 4.78 is 11.3. The first-order valence-electron chi connectivity index (χ1n) is 7.76. The molecule has 2 aromatic rings. The van der Waals surface area contributed by atoms with Crippen molar-refractivity contribution in [3.05, 3.63) is 59.7 Å². The van der Waals surface area contributed by atoms with Crippen molar-refractivity contribution >= 4 is 12.4 Å². The lowest BCUT2D eigenvalue weighted by atomic mass is 9.93. The molecule has 0 amide bonds. The van der Waals surface area contributed by atoms with Crippen molar-refractivity contribution in [1.29, 1.82) is 0 Å². The van der Waals surface area contributed by atoms with Crippen LogP contribution >= 0.6 is 12.4 Å². The largest absolute Gasteiger partial charge is 0.493 e. The Kier molecular flexibility index (Phi) is 7.93. The van der Waals surface area contributed by atoms with E-state index >= 15 is 0 Å². The predicted molar refractivity (Wildman–Crippen MR) is 97.4 cm³/mol. The Labute approximate surface area is 145 Å². The molecule has 0 aromatic heterocycles. The van der Waals surface area contributed by atoms with Crippen LogP contribution in [-0.2, 0) is 6.61 Å². The Bertz CT molecular complexity index is 589. The molecule has 4 heteroatoms. The molecule has 0 heterocycles. The summed E-state index contributed by atoms with van der Waals surface area (Å²) in [7, 11) is 1.65. The van der Waals surface area contributed by atoms with Gasteiger partial charge in [0.15, 0.2) is 11.5 Å². The van der Waals surface area contributed by atoms with E-state index in [0.29, 0.717) is 12.5 Å². The fraction of sp³-hybridized carbons (Fsp3) is 0.368. The topological polar surface area (TPSA) is 44.5 Å². The molecular formula is C19H26ClNO2.